The molecule has 6 heteroatoms. The summed E-state index contributed by atoms with van der Waals surface area (Å²) in [7, 11) is 1.65. The Morgan fingerprint density at radius 3 is 2.80 bits per heavy atom. The van der Waals surface area contributed by atoms with Gasteiger partial charge in [-0.15, -0.1) is 0 Å². The highest BCUT2D eigenvalue weighted by atomic mass is 19.1. The predicted molar refractivity (Wildman–Crippen MR) is 92.5 cm³/mol. The van der Waals surface area contributed by atoms with Crippen LogP contribution in [0.15, 0.2) is 47.1 Å². The zero-order valence-electron chi connectivity index (χ0n) is 14.6. The van der Waals surface area contributed by atoms with Crippen LogP contribution in [0.1, 0.15) is 17.7 Å². The van der Waals surface area contributed by atoms with Gasteiger partial charge in [0.25, 0.3) is 0 Å². The van der Waals surface area contributed by atoms with Crippen molar-refractivity contribution in [2.24, 2.45) is 0 Å². The lowest BCUT2D eigenvalue weighted by molar-refractivity contribution is 0.00267. The first-order valence-corrected chi connectivity index (χ1v) is 8.42. The van der Waals surface area contributed by atoms with Crippen LogP contribution in [0.5, 0.6) is 0 Å². The quantitative estimate of drug-likeness (QED) is 0.596. The predicted octanol–water partition coefficient (Wildman–Crippen LogP) is 2.83. The second kappa shape index (κ2) is 11.0. The Labute approximate surface area is 148 Å². The molecule has 0 unspecified atom stereocenters. The number of aliphatic hydroxyl groups is 1. The second-order valence-corrected chi connectivity index (χ2v) is 5.92. The van der Waals surface area contributed by atoms with Crippen molar-refractivity contribution in [3.05, 3.63) is 59.8 Å². The minimum Gasteiger partial charge on any atom is -0.467 e. The number of hydrogen-bond donors (Lipinski definition) is 1. The highest BCUT2D eigenvalue weighted by Gasteiger charge is 2.14. The third kappa shape index (κ3) is 7.36. The van der Waals surface area contributed by atoms with E-state index in [9.17, 15) is 9.50 Å². The van der Waals surface area contributed by atoms with Gasteiger partial charge in [0.2, 0.25) is 0 Å². The van der Waals surface area contributed by atoms with E-state index in [2.05, 4.69) is 0 Å². The van der Waals surface area contributed by atoms with E-state index in [4.69, 9.17) is 13.9 Å². The fourth-order valence-electron chi connectivity index (χ4n) is 2.58. The van der Waals surface area contributed by atoms with Gasteiger partial charge in [0.05, 0.1) is 19.0 Å². The molecule has 1 atom stereocenters. The molecule has 25 heavy (non-hydrogen) atoms. The summed E-state index contributed by atoms with van der Waals surface area (Å²) in [6, 6.07) is 10.3. The van der Waals surface area contributed by atoms with E-state index >= 15 is 0 Å². The molecular formula is C19H26FNO4. The summed E-state index contributed by atoms with van der Waals surface area (Å²) in [5.41, 5.74) is 0.614. The maximum Gasteiger partial charge on any atom is 0.129 e. The number of ether oxygens (including phenoxy) is 2. The lowest BCUT2D eigenvalue weighted by Gasteiger charge is -2.25. The van der Waals surface area contributed by atoms with E-state index in [1.165, 1.54) is 6.07 Å². The summed E-state index contributed by atoms with van der Waals surface area (Å²) in [6.07, 6.45) is 1.73. The number of hydrogen-bond acceptors (Lipinski definition) is 5. The molecule has 2 rings (SSSR count). The Bertz CT molecular complexity index is 591. The van der Waals surface area contributed by atoms with Crippen molar-refractivity contribution in [1.29, 1.82) is 0 Å². The molecule has 0 spiro atoms. The minimum absolute atomic E-state index is 0.193. The number of furan rings is 1. The zero-order chi connectivity index (χ0) is 17.9. The van der Waals surface area contributed by atoms with Crippen molar-refractivity contribution in [2.45, 2.75) is 25.7 Å². The van der Waals surface area contributed by atoms with E-state index in [0.717, 1.165) is 12.2 Å². The zero-order valence-corrected chi connectivity index (χ0v) is 14.6. The van der Waals surface area contributed by atoms with Crippen molar-refractivity contribution >= 4 is 0 Å². The monoisotopic (exact) mass is 351 g/mol. The van der Waals surface area contributed by atoms with Gasteiger partial charge < -0.3 is 19.0 Å². The number of nitrogens with zero attached hydrogens (tertiary/aromatic N) is 1. The molecule has 2 aromatic rings. The molecule has 0 amide bonds. The van der Waals surface area contributed by atoms with Crippen molar-refractivity contribution in [1.82, 2.24) is 4.90 Å². The first-order chi connectivity index (χ1) is 12.2. The number of halogens is 1. The fourth-order valence-corrected chi connectivity index (χ4v) is 2.58. The van der Waals surface area contributed by atoms with Gasteiger partial charge in [-0.2, -0.15) is 0 Å². The molecule has 0 saturated heterocycles. The Balaban J connectivity index is 1.82. The maximum atomic E-state index is 13.9. The average Bonchev–Trinajstić information content (AvgIpc) is 3.10. The van der Waals surface area contributed by atoms with Crippen LogP contribution in [0.2, 0.25) is 0 Å². The lowest BCUT2D eigenvalue weighted by atomic mass is 10.2. The molecule has 0 saturated carbocycles. The molecule has 1 aromatic heterocycles. The van der Waals surface area contributed by atoms with E-state index in [0.29, 0.717) is 38.4 Å². The average molecular weight is 351 g/mol. The molecular weight excluding hydrogens is 325 g/mol. The van der Waals surface area contributed by atoms with Gasteiger partial charge in [0, 0.05) is 38.9 Å². The Kier molecular flexibility index (Phi) is 8.62. The Morgan fingerprint density at radius 2 is 2.08 bits per heavy atom. The minimum atomic E-state index is -0.663. The van der Waals surface area contributed by atoms with Gasteiger partial charge >= 0.3 is 0 Å². The molecule has 138 valence electrons. The molecule has 5 nitrogen and oxygen atoms in total. The molecule has 0 aliphatic heterocycles. The molecule has 0 fully saturated rings. The van der Waals surface area contributed by atoms with E-state index < -0.39 is 6.10 Å². The van der Waals surface area contributed by atoms with Crippen molar-refractivity contribution in [3.8, 4) is 0 Å². The molecule has 1 N–H and O–H groups in total. The molecule has 1 heterocycles. The summed E-state index contributed by atoms with van der Waals surface area (Å²) < 4.78 is 29.6. The smallest absolute Gasteiger partial charge is 0.129 e. The molecule has 0 aliphatic carbocycles. The Morgan fingerprint density at radius 1 is 1.24 bits per heavy atom. The standard InChI is InChI=1S/C19H26FNO4/c1-23-10-5-9-21(12-16-6-2-3-8-19(16)20)13-17(22)14-24-15-18-7-4-11-25-18/h2-4,6-8,11,17,22H,5,9-10,12-15H2,1H3/t17-/m0/s1. The van der Waals surface area contributed by atoms with E-state index in [1.54, 1.807) is 31.6 Å². The topological polar surface area (TPSA) is 55.1 Å². The number of rotatable bonds is 12. The fraction of sp³-hybridized carbons (Fsp3) is 0.474. The van der Waals surface area contributed by atoms with Gasteiger partial charge in [-0.3, -0.25) is 4.90 Å². The van der Waals surface area contributed by atoms with Gasteiger partial charge in [-0.05, 0) is 24.6 Å². The molecule has 0 radical (unpaired) electrons. The number of benzene rings is 1. The van der Waals surface area contributed by atoms with Gasteiger partial charge in [-0.25, -0.2) is 4.39 Å². The highest BCUT2D eigenvalue weighted by Crippen LogP contribution is 2.11. The maximum absolute atomic E-state index is 13.9. The number of methoxy groups -OCH3 is 1. The van der Waals surface area contributed by atoms with Crippen LogP contribution in [0, 0.1) is 5.82 Å². The lowest BCUT2D eigenvalue weighted by Crippen LogP contribution is -2.35. The van der Waals surface area contributed by atoms with Crippen LogP contribution in [-0.2, 0) is 22.6 Å². The van der Waals surface area contributed by atoms with Gasteiger partial charge in [-0.1, -0.05) is 18.2 Å². The van der Waals surface area contributed by atoms with E-state index in [1.807, 2.05) is 17.0 Å². The summed E-state index contributed by atoms with van der Waals surface area (Å²) in [5.74, 6) is 0.485. The highest BCUT2D eigenvalue weighted by molar-refractivity contribution is 5.17. The van der Waals surface area contributed by atoms with E-state index in [-0.39, 0.29) is 12.4 Å². The molecule has 0 bridgehead atoms. The van der Waals surface area contributed by atoms with Crippen LogP contribution >= 0.6 is 0 Å². The summed E-state index contributed by atoms with van der Waals surface area (Å²) >= 11 is 0. The van der Waals surface area contributed by atoms with Gasteiger partial charge in [0.1, 0.15) is 18.2 Å². The third-order valence-corrected chi connectivity index (χ3v) is 3.78. The van der Waals surface area contributed by atoms with Crippen LogP contribution in [0.3, 0.4) is 0 Å². The third-order valence-electron chi connectivity index (χ3n) is 3.78. The summed E-state index contributed by atoms with van der Waals surface area (Å²) in [5, 5.41) is 10.2. The normalized spacial score (nSPS) is 12.6. The van der Waals surface area contributed by atoms with Crippen LogP contribution < -0.4 is 0 Å². The largest absolute Gasteiger partial charge is 0.467 e. The Hall–Kier alpha value is -1.73. The first kappa shape index (κ1) is 19.6. The van der Waals surface area contributed by atoms with Crippen LogP contribution in [0.25, 0.3) is 0 Å². The summed E-state index contributed by atoms with van der Waals surface area (Å²) in [6.45, 7) is 2.68. The van der Waals surface area contributed by atoms with Crippen molar-refractivity contribution in [2.75, 3.05) is 33.4 Å². The van der Waals surface area contributed by atoms with Crippen LogP contribution in [0.4, 0.5) is 4.39 Å². The van der Waals surface area contributed by atoms with Crippen LogP contribution in [-0.4, -0.2) is 49.5 Å². The first-order valence-electron chi connectivity index (χ1n) is 8.42. The number of aliphatic hydroxyl groups excluding tert-OH is 1. The van der Waals surface area contributed by atoms with Gasteiger partial charge in [0.15, 0.2) is 0 Å². The second-order valence-electron chi connectivity index (χ2n) is 5.92. The summed E-state index contributed by atoms with van der Waals surface area (Å²) in [4.78, 5) is 2.01. The van der Waals surface area contributed by atoms with Crippen molar-refractivity contribution < 1.29 is 23.4 Å². The molecule has 0 aliphatic rings. The molecule has 1 aromatic carbocycles. The SMILES string of the molecule is COCCCN(Cc1ccccc1F)C[C@H](O)COCc1ccco1. The van der Waals surface area contributed by atoms with Crippen molar-refractivity contribution in [3.63, 3.8) is 0 Å².